The van der Waals surface area contributed by atoms with Crippen molar-refractivity contribution in [3.63, 3.8) is 0 Å². The molecular formula is C37H46F6N6O4. The van der Waals surface area contributed by atoms with E-state index in [2.05, 4.69) is 22.0 Å². The summed E-state index contributed by atoms with van der Waals surface area (Å²) in [6.45, 7) is 4.35. The van der Waals surface area contributed by atoms with E-state index >= 15 is 0 Å². The number of nitrogens with zero attached hydrogens (tertiary/aromatic N) is 4. The molecule has 3 N–H and O–H groups in total. The Morgan fingerprint density at radius 1 is 0.925 bits per heavy atom. The molecular weight excluding hydrogens is 706 g/mol. The first-order valence-corrected chi connectivity index (χ1v) is 18.1. The number of amides is 3. The molecule has 2 aromatic carbocycles. The molecule has 0 unspecified atom stereocenters. The maximum absolute atomic E-state index is 14.0. The van der Waals surface area contributed by atoms with Crippen LogP contribution in [0.15, 0.2) is 42.5 Å². The summed E-state index contributed by atoms with van der Waals surface area (Å²) in [6.07, 6.45) is -6.25. The Morgan fingerprint density at radius 2 is 1.55 bits per heavy atom. The second-order valence-electron chi connectivity index (χ2n) is 15.1. The first kappa shape index (κ1) is 38.8. The molecule has 0 bridgehead atoms. The van der Waals surface area contributed by atoms with Crippen LogP contribution in [0.25, 0.3) is 0 Å². The van der Waals surface area contributed by atoms with Crippen LogP contribution >= 0.6 is 0 Å². The summed E-state index contributed by atoms with van der Waals surface area (Å²) in [4.78, 5) is 47.7. The van der Waals surface area contributed by atoms with Gasteiger partial charge in [-0.15, -0.1) is 0 Å². The lowest BCUT2D eigenvalue weighted by Crippen LogP contribution is -2.70. The van der Waals surface area contributed by atoms with Gasteiger partial charge in [-0.25, -0.2) is 9.59 Å². The predicted molar refractivity (Wildman–Crippen MR) is 184 cm³/mol. The lowest BCUT2D eigenvalue weighted by molar-refractivity contribution is -0.143. The fraction of sp³-hybridized carbons (Fsp3) is 0.595. The summed E-state index contributed by atoms with van der Waals surface area (Å²) >= 11 is 0. The molecule has 2 atom stereocenters. The Balaban J connectivity index is 1.26. The summed E-state index contributed by atoms with van der Waals surface area (Å²) in [5.74, 6) is 0. The Hall–Kier alpha value is -3.89. The maximum atomic E-state index is 14.0. The zero-order valence-electron chi connectivity index (χ0n) is 29.6. The van der Waals surface area contributed by atoms with Crippen LogP contribution in [0.1, 0.15) is 74.1 Å². The third-order valence-electron chi connectivity index (χ3n) is 11.5. The zero-order chi connectivity index (χ0) is 38.2. The lowest BCUT2D eigenvalue weighted by atomic mass is 9.84. The highest BCUT2D eigenvalue weighted by molar-refractivity contribution is 5.91. The molecule has 3 fully saturated rings. The largest absolute Gasteiger partial charge is 0.445 e. The van der Waals surface area contributed by atoms with Gasteiger partial charge in [-0.3, -0.25) is 9.80 Å². The third-order valence-corrected chi connectivity index (χ3v) is 11.5. The van der Waals surface area contributed by atoms with Crippen molar-refractivity contribution in [3.8, 4) is 0 Å². The minimum Gasteiger partial charge on any atom is -0.445 e. The number of para-hydroxylation sites is 1. The molecule has 0 saturated carbocycles. The van der Waals surface area contributed by atoms with Crippen molar-refractivity contribution in [2.24, 2.45) is 5.73 Å². The minimum atomic E-state index is -5.06. The normalized spacial score (nSPS) is 25.0. The van der Waals surface area contributed by atoms with Gasteiger partial charge in [0.05, 0.1) is 11.1 Å². The molecule has 0 spiro atoms. The van der Waals surface area contributed by atoms with E-state index in [1.807, 2.05) is 24.3 Å². The number of hydrogen-bond donors (Lipinski definition) is 2. The molecule has 53 heavy (non-hydrogen) atoms. The number of fused-ring (bicyclic) bond motifs is 1. The maximum Gasteiger partial charge on any atom is 0.416 e. The number of likely N-dealkylation sites (tertiary alicyclic amines) is 3. The van der Waals surface area contributed by atoms with Crippen LogP contribution in [0.3, 0.4) is 0 Å². The molecule has 16 heteroatoms. The topological polar surface area (TPSA) is 111 Å². The van der Waals surface area contributed by atoms with Gasteiger partial charge in [-0.1, -0.05) is 18.2 Å². The van der Waals surface area contributed by atoms with Gasteiger partial charge in [0.2, 0.25) is 0 Å². The first-order chi connectivity index (χ1) is 25.0. The van der Waals surface area contributed by atoms with Crippen LogP contribution in [0.4, 0.5) is 41.6 Å². The highest BCUT2D eigenvalue weighted by atomic mass is 19.4. The summed E-state index contributed by atoms with van der Waals surface area (Å²) in [7, 11) is 0. The number of ether oxygens (including phenoxy) is 1. The van der Waals surface area contributed by atoms with Gasteiger partial charge in [0.1, 0.15) is 18.6 Å². The Labute approximate surface area is 304 Å². The van der Waals surface area contributed by atoms with Gasteiger partial charge in [0, 0.05) is 75.4 Å². The summed E-state index contributed by atoms with van der Waals surface area (Å²) in [5.41, 5.74) is 3.06. The number of urea groups is 1. The molecule has 290 valence electrons. The van der Waals surface area contributed by atoms with Crippen molar-refractivity contribution in [1.82, 2.24) is 19.6 Å². The number of benzene rings is 2. The summed E-state index contributed by atoms with van der Waals surface area (Å²) in [6, 6.07) is 8.13. The molecule has 3 amide bonds. The van der Waals surface area contributed by atoms with E-state index in [0.29, 0.717) is 56.6 Å². The van der Waals surface area contributed by atoms with Gasteiger partial charge < -0.3 is 30.4 Å². The van der Waals surface area contributed by atoms with Gasteiger partial charge in [-0.2, -0.15) is 26.3 Å². The number of anilines is 1. The number of halogens is 6. The molecule has 6 rings (SSSR count). The predicted octanol–water partition coefficient (Wildman–Crippen LogP) is 6.48. The minimum absolute atomic E-state index is 0.0187. The number of carbonyl (C=O) groups is 3. The number of nitrogens with one attached hydrogen (secondary N) is 1. The molecule has 4 heterocycles. The van der Waals surface area contributed by atoms with Gasteiger partial charge in [0.25, 0.3) is 0 Å². The van der Waals surface area contributed by atoms with E-state index in [1.54, 1.807) is 4.90 Å². The average molecular weight is 753 g/mol. The van der Waals surface area contributed by atoms with Crippen LogP contribution < -0.4 is 11.1 Å². The first-order valence-electron chi connectivity index (χ1n) is 18.1. The number of rotatable bonds is 7. The van der Waals surface area contributed by atoms with Crippen molar-refractivity contribution in [3.05, 3.63) is 64.7 Å². The molecule has 0 aromatic heterocycles. The number of nitrogens with two attached hydrogens (primary N) is 1. The molecule has 10 nitrogen and oxygen atoms in total. The molecule has 4 aliphatic heterocycles. The number of piperidine rings is 3. The lowest BCUT2D eigenvalue weighted by Gasteiger charge is -2.57. The van der Waals surface area contributed by atoms with E-state index in [-0.39, 0.29) is 43.1 Å². The van der Waals surface area contributed by atoms with E-state index in [4.69, 9.17) is 10.5 Å². The smallest absolute Gasteiger partial charge is 0.416 e. The van der Waals surface area contributed by atoms with E-state index < -0.39 is 53.4 Å². The zero-order valence-corrected chi connectivity index (χ0v) is 29.6. The number of hydrogen-bond acceptors (Lipinski definition) is 7. The van der Waals surface area contributed by atoms with Crippen LogP contribution in [0, 0.1) is 0 Å². The summed E-state index contributed by atoms with van der Waals surface area (Å²) in [5, 5.41) is 2.98. The molecule has 3 saturated heterocycles. The highest BCUT2D eigenvalue weighted by Crippen LogP contribution is 2.41. The van der Waals surface area contributed by atoms with Gasteiger partial charge in [-0.05, 0) is 80.8 Å². The Morgan fingerprint density at radius 3 is 2.17 bits per heavy atom. The van der Waals surface area contributed by atoms with Crippen molar-refractivity contribution in [1.29, 1.82) is 0 Å². The summed E-state index contributed by atoms with van der Waals surface area (Å²) < 4.78 is 86.8. The van der Waals surface area contributed by atoms with Crippen LogP contribution in [0.2, 0.25) is 0 Å². The second kappa shape index (κ2) is 15.1. The molecule has 4 aliphatic rings. The number of alkyl halides is 6. The van der Waals surface area contributed by atoms with Crippen molar-refractivity contribution in [2.75, 3.05) is 44.6 Å². The Bertz CT molecular complexity index is 1620. The highest BCUT2D eigenvalue weighted by Gasteiger charge is 2.52. The fourth-order valence-electron chi connectivity index (χ4n) is 8.47. The number of aldehydes is 1. The second-order valence-corrected chi connectivity index (χ2v) is 15.1. The van der Waals surface area contributed by atoms with Crippen molar-refractivity contribution >= 4 is 24.1 Å². The third kappa shape index (κ3) is 8.59. The molecule has 2 aromatic rings. The van der Waals surface area contributed by atoms with Crippen LogP contribution in [-0.2, 0) is 34.9 Å². The van der Waals surface area contributed by atoms with Crippen LogP contribution in [0.5, 0.6) is 0 Å². The van der Waals surface area contributed by atoms with E-state index in [1.165, 1.54) is 4.90 Å². The average Bonchev–Trinajstić information content (AvgIpc) is 3.28. The van der Waals surface area contributed by atoms with Crippen molar-refractivity contribution < 1.29 is 45.5 Å². The monoisotopic (exact) mass is 752 g/mol. The number of carbonyl (C=O) groups excluding carboxylic acids is 3. The van der Waals surface area contributed by atoms with Crippen molar-refractivity contribution in [2.45, 2.75) is 101 Å². The molecule has 0 radical (unpaired) electrons. The van der Waals surface area contributed by atoms with Crippen LogP contribution in [-0.4, -0.2) is 101 Å². The SMILES string of the molecule is CC1(N)CCN(C2CCN([C@]3(CC=O)C[C@H](N4CCc5ccccc5NC4=O)CCN3C(=O)OCc3cc(C(F)(F)F)cc(C(F)(F)F)c3)CC2)CC1. The van der Waals surface area contributed by atoms with E-state index in [9.17, 15) is 40.7 Å². The van der Waals surface area contributed by atoms with E-state index in [0.717, 1.165) is 44.3 Å². The van der Waals surface area contributed by atoms with Gasteiger partial charge in [0.15, 0.2) is 0 Å². The van der Waals surface area contributed by atoms with Gasteiger partial charge >= 0.3 is 24.5 Å². The molecule has 0 aliphatic carbocycles. The fourth-order valence-corrected chi connectivity index (χ4v) is 8.47. The standard InChI is InChI=1S/C37H46F6N6O4/c1-34(44)10-17-46(18-11-34)29-7-13-47(14-8-29)35(12-19-50)23-30(48-15-6-26-4-2-3-5-31(26)45-32(48)51)9-16-49(35)33(52)53-24-25-20-27(36(38,39)40)22-28(21-25)37(41,42)43/h2-5,19-22,29-30H,6-18,23-24,44H2,1H3,(H,45,51)/t30-,35+/m1/s1. The quantitative estimate of drug-likeness (QED) is 0.246. The Kier molecular flexibility index (Phi) is 11.1.